The Balaban J connectivity index is 3.02. The zero-order valence-electron chi connectivity index (χ0n) is 10.5. The minimum Gasteiger partial charge on any atom is -0.340 e. The Labute approximate surface area is 124 Å². The largest absolute Gasteiger partial charge is 0.340 e. The number of non-ortho nitro benzene ring substituents is 1. The topological polar surface area (TPSA) is 87.2 Å². The molecule has 1 aromatic rings. The van der Waals surface area contributed by atoms with Gasteiger partial charge in [0.2, 0.25) is 0 Å². The number of nitriles is 1. The minimum absolute atomic E-state index is 0.120. The highest BCUT2D eigenvalue weighted by Gasteiger charge is 2.19. The van der Waals surface area contributed by atoms with E-state index in [1.165, 1.54) is 23.1 Å². The van der Waals surface area contributed by atoms with Crippen LogP contribution in [0.2, 0.25) is 0 Å². The maximum atomic E-state index is 12.2. The summed E-state index contributed by atoms with van der Waals surface area (Å²) in [7, 11) is 1.57. The summed E-state index contributed by atoms with van der Waals surface area (Å²) in [4.78, 5) is 23.8. The van der Waals surface area contributed by atoms with Crippen LogP contribution in [0.1, 0.15) is 17.3 Å². The smallest absolute Gasteiger partial charge is 0.270 e. The first-order chi connectivity index (χ1) is 8.86. The molecule has 0 radical (unpaired) electrons. The summed E-state index contributed by atoms with van der Waals surface area (Å²) in [5.74, 6) is -0.611. The van der Waals surface area contributed by atoms with Crippen molar-refractivity contribution in [3.05, 3.63) is 37.4 Å². The molecule has 1 aromatic carbocycles. The van der Waals surface area contributed by atoms with E-state index in [4.69, 9.17) is 5.26 Å². The summed E-state index contributed by atoms with van der Waals surface area (Å²) in [6.45, 7) is 2.00. The van der Waals surface area contributed by atoms with Gasteiger partial charge in [-0.2, -0.15) is 5.26 Å². The monoisotopic (exact) mass is 373 g/mol. The third-order valence-corrected chi connectivity index (χ3v) is 3.45. The maximum Gasteiger partial charge on any atom is 0.270 e. The number of carbonyl (C=O) groups excluding carboxylic acids is 1. The number of amides is 1. The summed E-state index contributed by atoms with van der Waals surface area (Å²) in [6.07, 6.45) is 0. The van der Waals surface area contributed by atoms with Crippen LogP contribution in [0, 0.1) is 30.9 Å². The lowest BCUT2D eigenvalue weighted by Crippen LogP contribution is -2.31. The summed E-state index contributed by atoms with van der Waals surface area (Å²) in [5.41, 5.74) is 0.160. The van der Waals surface area contributed by atoms with Crippen molar-refractivity contribution < 1.29 is 9.72 Å². The van der Waals surface area contributed by atoms with Crippen LogP contribution in [-0.4, -0.2) is 29.3 Å². The molecule has 1 atom stereocenters. The van der Waals surface area contributed by atoms with Gasteiger partial charge in [0.25, 0.3) is 11.6 Å². The zero-order valence-corrected chi connectivity index (χ0v) is 12.6. The number of nitro groups is 1. The molecule has 0 aliphatic heterocycles. The number of halogens is 1. The summed E-state index contributed by atoms with van der Waals surface area (Å²) >= 11 is 1.96. The van der Waals surface area contributed by atoms with Crippen LogP contribution in [0.3, 0.4) is 0 Å². The van der Waals surface area contributed by atoms with Gasteiger partial charge >= 0.3 is 0 Å². The van der Waals surface area contributed by atoms with E-state index in [0.717, 1.165) is 0 Å². The number of hydrogen-bond donors (Lipinski definition) is 0. The SMILES string of the molecule is CC(C#N)CN(C)C(=O)c1cc([N+](=O)[O-])ccc1I. The standard InChI is InChI=1S/C12H12IN3O3/c1-8(6-14)7-15(2)12(17)10-5-9(16(18)19)3-4-11(10)13/h3-5,8H,7H2,1-2H3. The first-order valence-electron chi connectivity index (χ1n) is 5.45. The molecule has 0 bridgehead atoms. The van der Waals surface area contributed by atoms with Gasteiger partial charge in [-0.1, -0.05) is 0 Å². The van der Waals surface area contributed by atoms with Crippen LogP contribution in [0.4, 0.5) is 5.69 Å². The quantitative estimate of drug-likeness (QED) is 0.461. The molecule has 19 heavy (non-hydrogen) atoms. The van der Waals surface area contributed by atoms with Gasteiger partial charge in [-0.25, -0.2) is 0 Å². The molecule has 1 unspecified atom stereocenters. The van der Waals surface area contributed by atoms with Crippen LogP contribution in [0.25, 0.3) is 0 Å². The molecule has 1 rings (SSSR count). The fourth-order valence-electron chi connectivity index (χ4n) is 1.53. The number of benzene rings is 1. The second-order valence-corrected chi connectivity index (χ2v) is 5.30. The van der Waals surface area contributed by atoms with E-state index >= 15 is 0 Å². The van der Waals surface area contributed by atoms with Crippen LogP contribution in [0.15, 0.2) is 18.2 Å². The molecule has 0 N–H and O–H groups in total. The number of carbonyl (C=O) groups is 1. The highest BCUT2D eigenvalue weighted by molar-refractivity contribution is 14.1. The van der Waals surface area contributed by atoms with E-state index in [1.54, 1.807) is 14.0 Å². The molecule has 0 saturated carbocycles. The number of hydrogen-bond acceptors (Lipinski definition) is 4. The van der Waals surface area contributed by atoms with Crippen LogP contribution in [0.5, 0.6) is 0 Å². The molecule has 0 fully saturated rings. The van der Waals surface area contributed by atoms with E-state index in [1.807, 2.05) is 28.7 Å². The van der Waals surface area contributed by atoms with Crippen LogP contribution in [-0.2, 0) is 0 Å². The molecule has 0 spiro atoms. The van der Waals surface area contributed by atoms with E-state index < -0.39 is 4.92 Å². The first kappa shape index (κ1) is 15.4. The second-order valence-electron chi connectivity index (χ2n) is 4.14. The summed E-state index contributed by atoms with van der Waals surface area (Å²) in [5, 5.41) is 19.4. The van der Waals surface area contributed by atoms with Gasteiger partial charge in [-0.3, -0.25) is 14.9 Å². The number of nitro benzene ring substituents is 1. The van der Waals surface area contributed by atoms with Crippen molar-refractivity contribution in [3.8, 4) is 6.07 Å². The summed E-state index contributed by atoms with van der Waals surface area (Å²) < 4.78 is 0.643. The predicted molar refractivity (Wildman–Crippen MR) is 77.6 cm³/mol. The molecule has 0 saturated heterocycles. The average molecular weight is 373 g/mol. The lowest BCUT2D eigenvalue weighted by Gasteiger charge is -2.18. The van der Waals surface area contributed by atoms with E-state index in [9.17, 15) is 14.9 Å². The lowest BCUT2D eigenvalue weighted by atomic mass is 10.1. The minimum atomic E-state index is -0.537. The lowest BCUT2D eigenvalue weighted by molar-refractivity contribution is -0.384. The maximum absolute atomic E-state index is 12.2. The van der Waals surface area contributed by atoms with Gasteiger partial charge in [-0.05, 0) is 35.6 Å². The first-order valence-corrected chi connectivity index (χ1v) is 6.53. The van der Waals surface area contributed by atoms with Gasteiger partial charge in [0.05, 0.1) is 22.5 Å². The summed E-state index contributed by atoms with van der Waals surface area (Å²) in [6, 6.07) is 6.20. The van der Waals surface area contributed by atoms with Crippen molar-refractivity contribution >= 4 is 34.2 Å². The molecule has 100 valence electrons. The van der Waals surface area contributed by atoms with Gasteiger partial charge in [0.15, 0.2) is 0 Å². The van der Waals surface area contributed by atoms with E-state index in [2.05, 4.69) is 0 Å². The Bertz CT molecular complexity index is 554. The fraction of sp³-hybridized carbons (Fsp3) is 0.333. The van der Waals surface area contributed by atoms with Crippen LogP contribution >= 0.6 is 22.6 Å². The van der Waals surface area contributed by atoms with Gasteiger partial charge in [0.1, 0.15) is 0 Å². The molecular weight excluding hydrogens is 361 g/mol. The Kier molecular flexibility index (Phi) is 5.23. The Morgan fingerprint density at radius 3 is 2.79 bits per heavy atom. The third kappa shape index (κ3) is 3.89. The third-order valence-electron chi connectivity index (χ3n) is 2.51. The average Bonchev–Trinajstić information content (AvgIpc) is 2.37. The molecule has 1 amide bonds. The van der Waals surface area contributed by atoms with Crippen molar-refractivity contribution in [1.29, 1.82) is 5.26 Å². The molecule has 6 nitrogen and oxygen atoms in total. The van der Waals surface area contributed by atoms with Gasteiger partial charge < -0.3 is 4.90 Å². The normalized spacial score (nSPS) is 11.5. The van der Waals surface area contributed by atoms with Gasteiger partial charge in [-0.15, -0.1) is 0 Å². The Morgan fingerprint density at radius 1 is 1.63 bits per heavy atom. The number of rotatable bonds is 4. The molecular formula is C12H12IN3O3. The van der Waals surface area contributed by atoms with E-state index in [0.29, 0.717) is 3.57 Å². The molecule has 0 aromatic heterocycles. The molecule has 0 aliphatic carbocycles. The van der Waals surface area contributed by atoms with Crippen molar-refractivity contribution in [1.82, 2.24) is 4.90 Å². The van der Waals surface area contributed by atoms with Crippen molar-refractivity contribution in [2.45, 2.75) is 6.92 Å². The van der Waals surface area contributed by atoms with Crippen molar-refractivity contribution in [2.75, 3.05) is 13.6 Å². The number of nitrogens with zero attached hydrogens (tertiary/aromatic N) is 3. The van der Waals surface area contributed by atoms with Crippen molar-refractivity contribution in [3.63, 3.8) is 0 Å². The Hall–Kier alpha value is -1.69. The van der Waals surface area contributed by atoms with Crippen LogP contribution < -0.4 is 0 Å². The Morgan fingerprint density at radius 2 is 2.26 bits per heavy atom. The second kappa shape index (κ2) is 6.47. The van der Waals surface area contributed by atoms with Crippen molar-refractivity contribution in [2.24, 2.45) is 5.92 Å². The highest BCUT2D eigenvalue weighted by atomic mass is 127. The fourth-order valence-corrected chi connectivity index (χ4v) is 2.10. The zero-order chi connectivity index (χ0) is 14.6. The highest BCUT2D eigenvalue weighted by Crippen LogP contribution is 2.21. The molecule has 0 aliphatic rings. The van der Waals surface area contributed by atoms with E-state index in [-0.39, 0.29) is 29.6 Å². The predicted octanol–water partition coefficient (Wildman–Crippen LogP) is 2.43. The van der Waals surface area contributed by atoms with Gasteiger partial charge in [0, 0.05) is 29.3 Å². The molecule has 0 heterocycles. The molecule has 7 heteroatoms.